The van der Waals surface area contributed by atoms with Gasteiger partial charge in [-0.15, -0.1) is 0 Å². The first-order chi connectivity index (χ1) is 12.9. The van der Waals surface area contributed by atoms with E-state index in [1.807, 2.05) is 19.1 Å². The third-order valence-corrected chi connectivity index (χ3v) is 6.86. The van der Waals surface area contributed by atoms with E-state index in [2.05, 4.69) is 17.0 Å². The van der Waals surface area contributed by atoms with Crippen molar-refractivity contribution in [2.75, 3.05) is 49.2 Å². The minimum Gasteiger partial charge on any atom is -0.494 e. The van der Waals surface area contributed by atoms with E-state index in [0.717, 1.165) is 30.8 Å². The monoisotopic (exact) mass is 395 g/mol. The fraction of sp³-hybridized carbons (Fsp3) is 0.632. The van der Waals surface area contributed by atoms with E-state index >= 15 is 0 Å². The molecule has 1 aromatic carbocycles. The molecule has 0 spiro atoms. The Morgan fingerprint density at radius 2 is 1.93 bits per heavy atom. The van der Waals surface area contributed by atoms with Crippen LogP contribution in [0.4, 0.5) is 5.69 Å². The normalized spacial score (nSPS) is 22.6. The molecule has 0 aliphatic carbocycles. The van der Waals surface area contributed by atoms with E-state index in [9.17, 15) is 13.2 Å². The Morgan fingerprint density at radius 1 is 1.19 bits per heavy atom. The molecule has 2 N–H and O–H groups in total. The van der Waals surface area contributed by atoms with Crippen LogP contribution in [0.2, 0.25) is 0 Å². The highest BCUT2D eigenvalue weighted by atomic mass is 32.2. The molecule has 150 valence electrons. The molecule has 4 rings (SSSR count). The van der Waals surface area contributed by atoms with E-state index < -0.39 is 15.6 Å². The van der Waals surface area contributed by atoms with Crippen molar-refractivity contribution in [3.8, 4) is 5.75 Å². The molecule has 27 heavy (non-hydrogen) atoms. The summed E-state index contributed by atoms with van der Waals surface area (Å²) in [5, 5.41) is 0. The van der Waals surface area contributed by atoms with E-state index in [0.29, 0.717) is 25.6 Å². The summed E-state index contributed by atoms with van der Waals surface area (Å²) in [5.41, 5.74) is 6.46. The molecule has 0 aromatic heterocycles. The second-order valence-corrected chi connectivity index (χ2v) is 9.54. The third kappa shape index (κ3) is 4.93. The Bertz CT molecular complexity index is 751. The summed E-state index contributed by atoms with van der Waals surface area (Å²) in [6.07, 6.45) is 2.08. The van der Waals surface area contributed by atoms with E-state index in [1.165, 1.54) is 0 Å². The molecule has 3 heterocycles. The molecule has 3 aliphatic heterocycles. The summed E-state index contributed by atoms with van der Waals surface area (Å²) in [7, 11) is -3.43. The number of hydrogen-bond donors (Lipinski definition) is 1. The van der Waals surface area contributed by atoms with Gasteiger partial charge in [0.1, 0.15) is 11.5 Å². The largest absolute Gasteiger partial charge is 0.494 e. The lowest BCUT2D eigenvalue weighted by atomic mass is 9.94. The summed E-state index contributed by atoms with van der Waals surface area (Å²) in [5.74, 6) is 0.332. The zero-order chi connectivity index (χ0) is 19.4. The summed E-state index contributed by atoms with van der Waals surface area (Å²) in [4.78, 5) is 16.7. The number of carbonyl (C=O) groups excluding carboxylic acids is 1. The summed E-state index contributed by atoms with van der Waals surface area (Å²) in [6.45, 7) is 4.73. The smallest absolute Gasteiger partial charge is 0.237 e. The van der Waals surface area contributed by atoms with Gasteiger partial charge in [0, 0.05) is 37.9 Å². The van der Waals surface area contributed by atoms with Crippen LogP contribution in [-0.2, 0) is 14.6 Å². The van der Waals surface area contributed by atoms with Crippen LogP contribution in [0.25, 0.3) is 0 Å². The lowest BCUT2D eigenvalue weighted by Gasteiger charge is -2.38. The summed E-state index contributed by atoms with van der Waals surface area (Å²) in [6, 6.07) is 8.27. The molecule has 0 radical (unpaired) electrons. The van der Waals surface area contributed by atoms with Crippen LogP contribution in [0.15, 0.2) is 24.3 Å². The molecule has 7 nitrogen and oxygen atoms in total. The molecule has 3 fully saturated rings. The standard InChI is InChI=1S/C19H29N3O4S/c1-2-26-18-7-5-16(6-8-18)22-12-15-3-4-17(22)13-21(11-15)19(23)14-27(24,25)10-9-20/h5-8,15,17H,2-4,9-14,20H2,1H3/t15-,17?/m1/s1. The summed E-state index contributed by atoms with van der Waals surface area (Å²) >= 11 is 0. The highest BCUT2D eigenvalue weighted by molar-refractivity contribution is 7.92. The van der Waals surface area contributed by atoms with Crippen molar-refractivity contribution >= 4 is 21.4 Å². The predicted molar refractivity (Wildman–Crippen MR) is 106 cm³/mol. The number of hydrogen-bond acceptors (Lipinski definition) is 6. The van der Waals surface area contributed by atoms with Gasteiger partial charge in [0.25, 0.3) is 0 Å². The molecule has 1 aromatic rings. The number of ether oxygens (including phenoxy) is 1. The van der Waals surface area contributed by atoms with E-state index in [4.69, 9.17) is 10.5 Å². The molecule has 3 aliphatic rings. The quantitative estimate of drug-likeness (QED) is 0.737. The summed E-state index contributed by atoms with van der Waals surface area (Å²) < 4.78 is 29.5. The molecule has 1 unspecified atom stereocenters. The lowest BCUT2D eigenvalue weighted by Crippen LogP contribution is -2.45. The van der Waals surface area contributed by atoms with Crippen molar-refractivity contribution in [1.82, 2.24) is 4.90 Å². The average Bonchev–Trinajstić information content (AvgIpc) is 2.94. The Hall–Kier alpha value is -1.80. The second kappa shape index (κ2) is 8.48. The topological polar surface area (TPSA) is 92.9 Å². The number of carbonyl (C=O) groups is 1. The van der Waals surface area contributed by atoms with Gasteiger partial charge in [-0.3, -0.25) is 4.79 Å². The number of nitrogens with zero attached hydrogens (tertiary/aromatic N) is 2. The molecule has 8 heteroatoms. The van der Waals surface area contributed by atoms with Crippen molar-refractivity contribution in [2.24, 2.45) is 11.7 Å². The maximum atomic E-state index is 12.6. The van der Waals surface area contributed by atoms with Gasteiger partial charge in [-0.2, -0.15) is 0 Å². The molecular weight excluding hydrogens is 366 g/mol. The molecule has 1 amide bonds. The van der Waals surface area contributed by atoms with Crippen molar-refractivity contribution in [2.45, 2.75) is 25.8 Å². The number of amides is 1. The van der Waals surface area contributed by atoms with Gasteiger partial charge in [0.05, 0.1) is 12.4 Å². The van der Waals surface area contributed by atoms with Gasteiger partial charge in [-0.05, 0) is 49.9 Å². The van der Waals surface area contributed by atoms with Crippen molar-refractivity contribution in [1.29, 1.82) is 0 Å². The minimum atomic E-state index is -3.43. The zero-order valence-corrected chi connectivity index (χ0v) is 16.7. The van der Waals surface area contributed by atoms with Gasteiger partial charge >= 0.3 is 0 Å². The van der Waals surface area contributed by atoms with Gasteiger partial charge < -0.3 is 20.3 Å². The minimum absolute atomic E-state index is 0.0480. The van der Waals surface area contributed by atoms with Crippen LogP contribution in [-0.4, -0.2) is 69.6 Å². The SMILES string of the molecule is CCOc1ccc(N2C[C@@H]3CCC2CN(C(=O)CS(=O)(=O)CCN)C3)cc1. The third-order valence-electron chi connectivity index (χ3n) is 5.32. The van der Waals surface area contributed by atoms with Crippen LogP contribution < -0.4 is 15.4 Å². The molecule has 3 saturated heterocycles. The Balaban J connectivity index is 1.70. The molecule has 0 saturated carbocycles. The maximum absolute atomic E-state index is 12.6. The number of sulfone groups is 1. The number of piperidine rings is 1. The first kappa shape index (κ1) is 19.9. The van der Waals surface area contributed by atoms with Crippen molar-refractivity contribution < 1.29 is 17.9 Å². The van der Waals surface area contributed by atoms with Gasteiger partial charge in [-0.1, -0.05) is 0 Å². The first-order valence-electron chi connectivity index (χ1n) is 9.59. The van der Waals surface area contributed by atoms with Crippen LogP contribution >= 0.6 is 0 Å². The molecule has 2 bridgehead atoms. The Morgan fingerprint density at radius 3 is 2.59 bits per heavy atom. The lowest BCUT2D eigenvalue weighted by molar-refractivity contribution is -0.128. The Kier molecular flexibility index (Phi) is 6.26. The number of nitrogens with two attached hydrogens (primary N) is 1. The van der Waals surface area contributed by atoms with E-state index in [-0.39, 0.29) is 24.2 Å². The second-order valence-electron chi connectivity index (χ2n) is 7.36. The average molecular weight is 396 g/mol. The van der Waals surface area contributed by atoms with Crippen LogP contribution in [0.1, 0.15) is 19.8 Å². The molecular formula is C19H29N3O4S. The van der Waals surface area contributed by atoms with Crippen LogP contribution in [0.3, 0.4) is 0 Å². The first-order valence-corrected chi connectivity index (χ1v) is 11.4. The maximum Gasteiger partial charge on any atom is 0.237 e. The Labute approximate surface area is 161 Å². The zero-order valence-electron chi connectivity index (χ0n) is 15.8. The van der Waals surface area contributed by atoms with Crippen molar-refractivity contribution in [3.05, 3.63) is 24.3 Å². The van der Waals surface area contributed by atoms with Crippen LogP contribution in [0, 0.1) is 5.92 Å². The van der Waals surface area contributed by atoms with Gasteiger partial charge in [0.2, 0.25) is 5.91 Å². The number of fused-ring (bicyclic) bond motifs is 4. The fourth-order valence-electron chi connectivity index (χ4n) is 4.03. The van der Waals surface area contributed by atoms with E-state index in [1.54, 1.807) is 4.90 Å². The van der Waals surface area contributed by atoms with Gasteiger partial charge in [0.15, 0.2) is 9.84 Å². The number of benzene rings is 1. The predicted octanol–water partition coefficient (Wildman–Crippen LogP) is 0.886. The fourth-order valence-corrected chi connectivity index (χ4v) is 5.10. The molecule has 2 atom stereocenters. The van der Waals surface area contributed by atoms with Crippen LogP contribution in [0.5, 0.6) is 5.75 Å². The van der Waals surface area contributed by atoms with Gasteiger partial charge in [-0.25, -0.2) is 8.42 Å². The number of rotatable bonds is 7. The highest BCUT2D eigenvalue weighted by Crippen LogP contribution is 2.33. The van der Waals surface area contributed by atoms with Crippen molar-refractivity contribution in [3.63, 3.8) is 0 Å². The number of anilines is 1. The highest BCUT2D eigenvalue weighted by Gasteiger charge is 2.37.